The highest BCUT2D eigenvalue weighted by Crippen LogP contribution is 2.37. The molecule has 1 aliphatic carbocycles. The van der Waals surface area contributed by atoms with Gasteiger partial charge in [0.1, 0.15) is 5.75 Å². The smallest absolute Gasteiger partial charge is 0.406 e. The zero-order valence-corrected chi connectivity index (χ0v) is 17.3. The summed E-state index contributed by atoms with van der Waals surface area (Å²) in [5.41, 5.74) is 3.72. The lowest BCUT2D eigenvalue weighted by molar-refractivity contribution is -0.274. The van der Waals surface area contributed by atoms with Crippen molar-refractivity contribution in [2.75, 3.05) is 0 Å². The number of halogens is 3. The van der Waals surface area contributed by atoms with Gasteiger partial charge in [-0.2, -0.15) is 0 Å². The molecule has 0 radical (unpaired) electrons. The van der Waals surface area contributed by atoms with Crippen LogP contribution in [0, 0.1) is 5.92 Å². The minimum atomic E-state index is -4.65. The van der Waals surface area contributed by atoms with Crippen molar-refractivity contribution in [3.05, 3.63) is 65.2 Å². The lowest BCUT2D eigenvalue weighted by atomic mass is 9.77. The lowest BCUT2D eigenvalue weighted by Gasteiger charge is -2.28. The Labute approximate surface area is 172 Å². The molecule has 1 aliphatic rings. The van der Waals surface area contributed by atoms with Crippen LogP contribution in [0.2, 0.25) is 0 Å². The van der Waals surface area contributed by atoms with Gasteiger partial charge in [-0.15, -0.1) is 13.2 Å². The van der Waals surface area contributed by atoms with Crippen LogP contribution in [0.3, 0.4) is 0 Å². The van der Waals surface area contributed by atoms with Gasteiger partial charge in [-0.25, -0.2) is 0 Å². The van der Waals surface area contributed by atoms with E-state index in [4.69, 9.17) is 0 Å². The maximum atomic E-state index is 12.3. The second-order valence-electron chi connectivity index (χ2n) is 8.47. The van der Waals surface area contributed by atoms with Crippen LogP contribution >= 0.6 is 0 Å². The van der Waals surface area contributed by atoms with Crippen molar-refractivity contribution < 1.29 is 17.9 Å². The van der Waals surface area contributed by atoms with Gasteiger partial charge in [0.25, 0.3) is 0 Å². The number of rotatable bonds is 7. The van der Waals surface area contributed by atoms with Gasteiger partial charge < -0.3 is 4.74 Å². The van der Waals surface area contributed by atoms with Crippen molar-refractivity contribution in [2.24, 2.45) is 5.92 Å². The molecule has 1 atom stereocenters. The van der Waals surface area contributed by atoms with Gasteiger partial charge in [-0.05, 0) is 78.7 Å². The Bertz CT molecular complexity index is 741. The third-order valence-electron chi connectivity index (χ3n) is 6.22. The van der Waals surface area contributed by atoms with Crippen molar-refractivity contribution in [3.63, 3.8) is 0 Å². The van der Waals surface area contributed by atoms with Crippen LogP contribution < -0.4 is 4.74 Å². The third-order valence-corrected chi connectivity index (χ3v) is 6.22. The Balaban J connectivity index is 1.54. The average Bonchev–Trinajstić information content (AvgIpc) is 2.69. The van der Waals surface area contributed by atoms with Gasteiger partial charge in [0, 0.05) is 0 Å². The highest BCUT2D eigenvalue weighted by molar-refractivity contribution is 5.32. The number of ether oxygens (including phenoxy) is 1. The summed E-state index contributed by atoms with van der Waals surface area (Å²) in [5, 5.41) is 0. The molecular formula is C25H31F3O. The third kappa shape index (κ3) is 6.52. The van der Waals surface area contributed by atoms with Gasteiger partial charge >= 0.3 is 6.36 Å². The Morgan fingerprint density at radius 3 is 2.10 bits per heavy atom. The van der Waals surface area contributed by atoms with Crippen molar-refractivity contribution >= 4 is 0 Å². The van der Waals surface area contributed by atoms with E-state index in [0.717, 1.165) is 17.9 Å². The van der Waals surface area contributed by atoms with Crippen LogP contribution in [0.15, 0.2) is 48.5 Å². The molecule has 1 saturated carbocycles. The van der Waals surface area contributed by atoms with Crippen LogP contribution in [0.25, 0.3) is 0 Å². The first kappa shape index (κ1) is 21.7. The molecule has 158 valence electrons. The molecule has 29 heavy (non-hydrogen) atoms. The Morgan fingerprint density at radius 1 is 0.931 bits per heavy atom. The minimum absolute atomic E-state index is 0.175. The first-order valence-corrected chi connectivity index (χ1v) is 10.8. The van der Waals surface area contributed by atoms with Crippen molar-refractivity contribution in [1.82, 2.24) is 0 Å². The fourth-order valence-electron chi connectivity index (χ4n) is 4.59. The lowest BCUT2D eigenvalue weighted by Crippen LogP contribution is -2.17. The van der Waals surface area contributed by atoms with E-state index in [0.29, 0.717) is 5.92 Å². The Hall–Kier alpha value is -1.97. The van der Waals surface area contributed by atoms with E-state index in [2.05, 4.69) is 42.8 Å². The first-order valence-electron chi connectivity index (χ1n) is 10.8. The summed E-state index contributed by atoms with van der Waals surface area (Å²) < 4.78 is 40.8. The van der Waals surface area contributed by atoms with Gasteiger partial charge in [-0.1, -0.05) is 63.1 Å². The van der Waals surface area contributed by atoms with Crippen LogP contribution in [0.1, 0.15) is 80.9 Å². The van der Waals surface area contributed by atoms with Crippen LogP contribution in [0.5, 0.6) is 5.75 Å². The highest BCUT2D eigenvalue weighted by Gasteiger charge is 2.31. The molecule has 3 rings (SSSR count). The van der Waals surface area contributed by atoms with Gasteiger partial charge in [0.05, 0.1) is 0 Å². The first-order chi connectivity index (χ1) is 13.8. The van der Waals surface area contributed by atoms with Crippen molar-refractivity contribution in [2.45, 2.75) is 77.0 Å². The molecule has 1 nitrogen and oxygen atoms in total. The zero-order valence-electron chi connectivity index (χ0n) is 17.3. The summed E-state index contributed by atoms with van der Waals surface area (Å²) in [6.07, 6.45) is 4.18. The molecule has 0 spiro atoms. The zero-order chi connectivity index (χ0) is 20.9. The predicted octanol–water partition coefficient (Wildman–Crippen LogP) is 8.01. The normalized spacial score (nSPS) is 21.0. The maximum absolute atomic E-state index is 12.3. The summed E-state index contributed by atoms with van der Waals surface area (Å²) in [6.45, 7) is 4.37. The van der Waals surface area contributed by atoms with Gasteiger partial charge in [0.2, 0.25) is 0 Å². The average molecular weight is 405 g/mol. The number of hydrogen-bond acceptors (Lipinski definition) is 1. The standard InChI is InChI=1S/C25H31F3O/c1-3-4-19-5-9-22(10-6-19)23-11-7-20(8-12-23)17-18(2)21-13-15-24(16-14-21)29-25(26,27)28/h7-8,11-16,18-19,22H,3-6,9-10,17H2,1-2H3/t18-,19?,22?/m1/s1. The predicted molar refractivity (Wildman–Crippen MR) is 111 cm³/mol. The maximum Gasteiger partial charge on any atom is 0.573 e. The van der Waals surface area contributed by atoms with E-state index in [9.17, 15) is 13.2 Å². The molecule has 0 heterocycles. The van der Waals surface area contributed by atoms with Crippen LogP contribution in [0.4, 0.5) is 13.2 Å². The van der Waals surface area contributed by atoms with E-state index in [1.54, 1.807) is 12.1 Å². The van der Waals surface area contributed by atoms with E-state index in [-0.39, 0.29) is 11.7 Å². The SMILES string of the molecule is CCCC1CCC(c2ccc(C[C@@H](C)c3ccc(OC(F)(F)F)cc3)cc2)CC1. The van der Waals surface area contributed by atoms with Crippen molar-refractivity contribution in [1.29, 1.82) is 0 Å². The molecule has 2 aromatic carbocycles. The van der Waals surface area contributed by atoms with E-state index >= 15 is 0 Å². The Kier molecular flexibility index (Phi) is 7.26. The number of benzene rings is 2. The van der Waals surface area contributed by atoms with Gasteiger partial charge in [0.15, 0.2) is 0 Å². The number of hydrogen-bond donors (Lipinski definition) is 0. The molecule has 0 unspecified atom stereocenters. The van der Waals surface area contributed by atoms with Crippen LogP contribution in [-0.2, 0) is 6.42 Å². The van der Waals surface area contributed by atoms with E-state index < -0.39 is 6.36 Å². The van der Waals surface area contributed by atoms with Crippen molar-refractivity contribution in [3.8, 4) is 5.75 Å². The number of alkyl halides is 3. The molecule has 0 aliphatic heterocycles. The molecular weight excluding hydrogens is 373 g/mol. The topological polar surface area (TPSA) is 9.23 Å². The fraction of sp³-hybridized carbons (Fsp3) is 0.520. The minimum Gasteiger partial charge on any atom is -0.406 e. The fourth-order valence-corrected chi connectivity index (χ4v) is 4.59. The summed E-state index contributed by atoms with van der Waals surface area (Å²) in [7, 11) is 0. The molecule has 0 N–H and O–H groups in total. The highest BCUT2D eigenvalue weighted by atomic mass is 19.4. The monoisotopic (exact) mass is 404 g/mol. The Morgan fingerprint density at radius 2 is 1.55 bits per heavy atom. The second kappa shape index (κ2) is 9.69. The molecule has 0 aromatic heterocycles. The largest absolute Gasteiger partial charge is 0.573 e. The molecule has 2 aromatic rings. The summed E-state index contributed by atoms with van der Waals surface area (Å²) in [4.78, 5) is 0. The van der Waals surface area contributed by atoms with E-state index in [1.807, 2.05) is 0 Å². The molecule has 4 heteroatoms. The molecule has 0 saturated heterocycles. The van der Waals surface area contributed by atoms with Crippen LogP contribution in [-0.4, -0.2) is 6.36 Å². The molecule has 1 fully saturated rings. The van der Waals surface area contributed by atoms with Gasteiger partial charge in [-0.3, -0.25) is 0 Å². The summed E-state index contributed by atoms with van der Waals surface area (Å²) >= 11 is 0. The quantitative estimate of drug-likeness (QED) is 0.454. The summed E-state index contributed by atoms with van der Waals surface area (Å²) in [6, 6.07) is 15.2. The molecule has 0 bridgehead atoms. The second-order valence-corrected chi connectivity index (χ2v) is 8.47. The van der Waals surface area contributed by atoms with E-state index in [1.165, 1.54) is 61.8 Å². The molecule has 0 amide bonds. The summed E-state index contributed by atoms with van der Waals surface area (Å²) in [5.74, 6) is 1.66.